The number of rotatable bonds is 2. The third kappa shape index (κ3) is 2.71. The molecule has 0 unspecified atom stereocenters. The first kappa shape index (κ1) is 15.6. The van der Waals surface area contributed by atoms with Gasteiger partial charge in [-0.2, -0.15) is 0 Å². The lowest BCUT2D eigenvalue weighted by molar-refractivity contribution is 0.0676. The van der Waals surface area contributed by atoms with Crippen molar-refractivity contribution in [2.24, 2.45) is 0 Å². The number of nitrogens with zero attached hydrogens (tertiary/aromatic N) is 5. The molecule has 25 heavy (non-hydrogen) atoms. The minimum atomic E-state index is -0.323. The first-order valence-corrected chi connectivity index (χ1v) is 8.40. The van der Waals surface area contributed by atoms with Gasteiger partial charge >= 0.3 is 0 Å². The molecule has 1 aliphatic rings. The highest BCUT2D eigenvalue weighted by Gasteiger charge is 2.27. The van der Waals surface area contributed by atoms with Gasteiger partial charge in [0.15, 0.2) is 0 Å². The molecular weight excluding hydrogens is 318 g/mol. The van der Waals surface area contributed by atoms with E-state index in [0.29, 0.717) is 18.7 Å². The van der Waals surface area contributed by atoms with Crippen LogP contribution in [0.2, 0.25) is 0 Å². The van der Waals surface area contributed by atoms with Gasteiger partial charge in [-0.25, -0.2) is 9.97 Å². The molecule has 3 aromatic rings. The second kappa shape index (κ2) is 6.16. The summed E-state index contributed by atoms with van der Waals surface area (Å²) >= 11 is 0. The summed E-state index contributed by atoms with van der Waals surface area (Å²) in [5, 5.41) is 0. The van der Waals surface area contributed by atoms with E-state index in [1.165, 1.54) is 10.6 Å². The fourth-order valence-electron chi connectivity index (χ4n) is 3.48. The predicted octanol–water partition coefficient (Wildman–Crippen LogP) is 1.68. The zero-order valence-corrected chi connectivity index (χ0v) is 14.0. The van der Waals surface area contributed by atoms with Crippen molar-refractivity contribution >= 4 is 11.6 Å². The summed E-state index contributed by atoms with van der Waals surface area (Å²) in [6.45, 7) is 3.19. The van der Waals surface area contributed by atoms with Gasteiger partial charge in [0, 0.05) is 37.9 Å². The van der Waals surface area contributed by atoms with Gasteiger partial charge in [0.1, 0.15) is 17.0 Å². The van der Waals surface area contributed by atoms with Crippen LogP contribution in [0.5, 0.6) is 0 Å². The molecule has 1 amide bonds. The van der Waals surface area contributed by atoms with E-state index in [0.717, 1.165) is 18.7 Å². The molecule has 4 heterocycles. The van der Waals surface area contributed by atoms with Crippen LogP contribution in [0.3, 0.4) is 0 Å². The molecule has 0 radical (unpaired) electrons. The van der Waals surface area contributed by atoms with E-state index in [2.05, 4.69) is 14.5 Å². The molecule has 0 bridgehead atoms. The van der Waals surface area contributed by atoms with Crippen LogP contribution < -0.4 is 5.56 Å². The van der Waals surface area contributed by atoms with Crippen LogP contribution in [0.4, 0.5) is 0 Å². The van der Waals surface area contributed by atoms with Gasteiger partial charge in [-0.15, -0.1) is 0 Å². The molecule has 0 saturated carbocycles. The number of likely N-dealkylation sites (tertiary alicyclic amines) is 1. The average molecular weight is 337 g/mol. The van der Waals surface area contributed by atoms with Crippen LogP contribution in [0.15, 0.2) is 47.8 Å². The Balaban J connectivity index is 1.64. The summed E-state index contributed by atoms with van der Waals surface area (Å²) in [6, 6.07) is 5.50. The first-order valence-electron chi connectivity index (χ1n) is 8.40. The molecule has 0 aliphatic carbocycles. The number of pyridine rings is 1. The summed E-state index contributed by atoms with van der Waals surface area (Å²) in [4.78, 5) is 35.8. The Kier molecular flexibility index (Phi) is 3.83. The summed E-state index contributed by atoms with van der Waals surface area (Å²) in [5.74, 6) is 0.685. The number of piperidine rings is 1. The second-order valence-corrected chi connectivity index (χ2v) is 6.33. The summed E-state index contributed by atoms with van der Waals surface area (Å²) < 4.78 is 3.51. The molecule has 4 rings (SSSR count). The minimum Gasteiger partial charge on any atom is -0.336 e. The number of imidazole rings is 1. The fourth-order valence-corrected chi connectivity index (χ4v) is 3.48. The predicted molar refractivity (Wildman–Crippen MR) is 92.6 cm³/mol. The molecule has 7 nitrogen and oxygen atoms in total. The average Bonchev–Trinajstić information content (AvgIpc) is 3.08. The van der Waals surface area contributed by atoms with E-state index in [1.807, 2.05) is 19.2 Å². The lowest BCUT2D eigenvalue weighted by atomic mass is 10.0. The maximum atomic E-state index is 12.9. The minimum absolute atomic E-state index is 0.117. The maximum Gasteiger partial charge on any atom is 0.270 e. The summed E-state index contributed by atoms with van der Waals surface area (Å²) in [7, 11) is 0. The number of amides is 1. The lowest BCUT2D eigenvalue weighted by Gasteiger charge is -2.33. The molecule has 0 N–H and O–H groups in total. The smallest absolute Gasteiger partial charge is 0.270 e. The molecule has 1 atom stereocenters. The van der Waals surface area contributed by atoms with Crippen LogP contribution in [-0.2, 0) is 0 Å². The number of aromatic nitrogens is 4. The van der Waals surface area contributed by atoms with Crippen molar-refractivity contribution in [2.75, 3.05) is 13.1 Å². The van der Waals surface area contributed by atoms with Gasteiger partial charge < -0.3 is 9.47 Å². The molecule has 1 saturated heterocycles. The van der Waals surface area contributed by atoms with Crippen LogP contribution in [-0.4, -0.2) is 42.8 Å². The Bertz CT molecular complexity index is 990. The number of aryl methyl sites for hydroxylation is 1. The Labute approximate surface area is 144 Å². The van der Waals surface area contributed by atoms with Crippen LogP contribution in [0.1, 0.15) is 35.1 Å². The van der Waals surface area contributed by atoms with E-state index < -0.39 is 0 Å². The van der Waals surface area contributed by atoms with Crippen molar-refractivity contribution in [1.82, 2.24) is 23.8 Å². The molecule has 128 valence electrons. The van der Waals surface area contributed by atoms with E-state index in [-0.39, 0.29) is 23.1 Å². The van der Waals surface area contributed by atoms with Crippen LogP contribution >= 0.6 is 0 Å². The zero-order chi connectivity index (χ0) is 17.4. The topological polar surface area (TPSA) is 72.5 Å². The number of hydrogen-bond acceptors (Lipinski definition) is 4. The van der Waals surface area contributed by atoms with Gasteiger partial charge in [-0.3, -0.25) is 14.0 Å². The number of carbonyl (C=O) groups is 1. The quantitative estimate of drug-likeness (QED) is 0.713. The van der Waals surface area contributed by atoms with Gasteiger partial charge in [0.25, 0.3) is 11.5 Å². The first-order chi connectivity index (χ1) is 12.1. The maximum absolute atomic E-state index is 12.9. The van der Waals surface area contributed by atoms with Crippen molar-refractivity contribution in [3.05, 3.63) is 64.7 Å². The molecule has 1 aliphatic heterocycles. The summed E-state index contributed by atoms with van der Waals surface area (Å²) in [6.07, 6.45) is 8.64. The highest BCUT2D eigenvalue weighted by atomic mass is 16.2. The Hall–Kier alpha value is -2.96. The van der Waals surface area contributed by atoms with Crippen LogP contribution in [0, 0.1) is 6.92 Å². The van der Waals surface area contributed by atoms with Crippen molar-refractivity contribution in [1.29, 1.82) is 0 Å². The van der Waals surface area contributed by atoms with Crippen molar-refractivity contribution in [3.63, 3.8) is 0 Å². The van der Waals surface area contributed by atoms with Crippen molar-refractivity contribution in [3.8, 4) is 0 Å². The number of fused-ring (bicyclic) bond motifs is 1. The standard InChI is InChI=1S/C18H19N5O2/c1-13-19-7-10-22(13)14-5-4-8-21(12-14)17(24)15-11-20-16-6-2-3-9-23(16)18(15)25/h2-3,6-7,9-11,14H,4-5,8,12H2,1H3/t14-/m1/s1. The molecule has 1 fully saturated rings. The SMILES string of the molecule is Cc1nccn1[C@@H]1CCCN(C(=O)c2cnc3ccccn3c2=O)C1. The highest BCUT2D eigenvalue weighted by Crippen LogP contribution is 2.23. The monoisotopic (exact) mass is 337 g/mol. The Morgan fingerprint density at radius 1 is 1.24 bits per heavy atom. The van der Waals surface area contributed by atoms with E-state index >= 15 is 0 Å². The number of carbonyl (C=O) groups excluding carboxylic acids is 1. The van der Waals surface area contributed by atoms with E-state index in [9.17, 15) is 9.59 Å². The number of hydrogen-bond donors (Lipinski definition) is 0. The van der Waals surface area contributed by atoms with Gasteiger partial charge in [-0.1, -0.05) is 6.07 Å². The van der Waals surface area contributed by atoms with Gasteiger partial charge in [-0.05, 0) is 31.9 Å². The third-order valence-electron chi connectivity index (χ3n) is 4.78. The third-order valence-corrected chi connectivity index (χ3v) is 4.78. The molecule has 3 aromatic heterocycles. The van der Waals surface area contributed by atoms with Gasteiger partial charge in [0.2, 0.25) is 0 Å². The molecule has 0 spiro atoms. The van der Waals surface area contributed by atoms with Crippen LogP contribution in [0.25, 0.3) is 5.65 Å². The lowest BCUT2D eigenvalue weighted by Crippen LogP contribution is -2.43. The van der Waals surface area contributed by atoms with Crippen molar-refractivity contribution < 1.29 is 4.79 Å². The molecule has 0 aromatic carbocycles. The Morgan fingerprint density at radius 3 is 2.92 bits per heavy atom. The van der Waals surface area contributed by atoms with E-state index in [4.69, 9.17) is 0 Å². The van der Waals surface area contributed by atoms with Gasteiger partial charge in [0.05, 0.1) is 6.04 Å². The molecule has 7 heteroatoms. The van der Waals surface area contributed by atoms with E-state index in [1.54, 1.807) is 29.4 Å². The highest BCUT2D eigenvalue weighted by molar-refractivity contribution is 5.93. The van der Waals surface area contributed by atoms with Crippen molar-refractivity contribution in [2.45, 2.75) is 25.8 Å². The second-order valence-electron chi connectivity index (χ2n) is 6.33. The zero-order valence-electron chi connectivity index (χ0n) is 14.0. The Morgan fingerprint density at radius 2 is 2.12 bits per heavy atom. The fraction of sp³-hybridized carbons (Fsp3) is 0.333. The largest absolute Gasteiger partial charge is 0.336 e. The normalized spacial score (nSPS) is 17.8. The molecular formula is C18H19N5O2. The summed E-state index contributed by atoms with van der Waals surface area (Å²) in [5.41, 5.74) is 0.331.